The Bertz CT molecular complexity index is 1130. The van der Waals surface area contributed by atoms with Gasteiger partial charge in [-0.25, -0.2) is 0 Å². The monoisotopic (exact) mass is 415 g/mol. The lowest BCUT2D eigenvalue weighted by atomic mass is 9.81. The van der Waals surface area contributed by atoms with E-state index in [1.165, 1.54) is 11.3 Å². The number of fused-ring (bicyclic) bond motifs is 3. The normalized spacial score (nSPS) is 12.1. The molecule has 7 nitrogen and oxygen atoms in total. The molecule has 144 valence electrons. The van der Waals surface area contributed by atoms with E-state index < -0.39 is 0 Å². The zero-order valence-electron chi connectivity index (χ0n) is 14.7. The Labute approximate surface area is 171 Å². The fourth-order valence-corrected chi connectivity index (χ4v) is 4.31. The maximum atomic E-state index is 13.2. The summed E-state index contributed by atoms with van der Waals surface area (Å²) in [5, 5.41) is 5.87. The van der Waals surface area contributed by atoms with E-state index in [2.05, 4.69) is 10.3 Å². The van der Waals surface area contributed by atoms with E-state index in [1.54, 1.807) is 24.3 Å². The number of guanidine groups is 1. The number of nitrogens with two attached hydrogens (primary N) is 3. The molecule has 0 unspecified atom stereocenters. The van der Waals surface area contributed by atoms with Gasteiger partial charge in [-0.05, 0) is 11.4 Å². The van der Waals surface area contributed by atoms with Crippen LogP contribution < -0.4 is 22.5 Å². The Balaban J connectivity index is 0.00000225. The van der Waals surface area contributed by atoms with Gasteiger partial charge in [-0.2, -0.15) is 0 Å². The smallest absolute Gasteiger partial charge is 0.196 e. The zero-order valence-corrected chi connectivity index (χ0v) is 16.3. The number of nitrogen functional groups attached to an aromatic ring is 1. The molecular formula is C19H18ClN5O2S. The first kappa shape index (κ1) is 19.7. The summed E-state index contributed by atoms with van der Waals surface area (Å²) < 4.78 is 0.830. The van der Waals surface area contributed by atoms with Crippen LogP contribution in [0.4, 0.5) is 11.4 Å². The molecule has 0 fully saturated rings. The van der Waals surface area contributed by atoms with Gasteiger partial charge < -0.3 is 22.5 Å². The molecule has 1 aromatic heterocycles. The Hall–Kier alpha value is -3.10. The molecule has 1 heterocycles. The van der Waals surface area contributed by atoms with Gasteiger partial charge >= 0.3 is 0 Å². The van der Waals surface area contributed by atoms with Crippen molar-refractivity contribution in [2.24, 2.45) is 16.5 Å². The first-order valence-electron chi connectivity index (χ1n) is 8.31. The lowest BCUT2D eigenvalue weighted by molar-refractivity contribution is 0.0980. The molecule has 0 radical (unpaired) electrons. The number of carbonyl (C=O) groups is 2. The fourth-order valence-electron chi connectivity index (χ4n) is 3.37. The van der Waals surface area contributed by atoms with E-state index in [0.29, 0.717) is 41.2 Å². The van der Waals surface area contributed by atoms with Crippen LogP contribution in [0.3, 0.4) is 0 Å². The molecule has 4 rings (SSSR count). The average Bonchev–Trinajstić information content (AvgIpc) is 3.14. The van der Waals surface area contributed by atoms with Crippen molar-refractivity contribution in [3.8, 4) is 0 Å². The van der Waals surface area contributed by atoms with Crippen LogP contribution in [-0.2, 0) is 0 Å². The van der Waals surface area contributed by atoms with Crippen LogP contribution in [0.2, 0.25) is 0 Å². The number of carbonyl (C=O) groups excluding carboxylic acids is 2. The van der Waals surface area contributed by atoms with Crippen molar-refractivity contribution in [1.29, 1.82) is 0 Å². The predicted molar refractivity (Wildman–Crippen MR) is 116 cm³/mol. The van der Waals surface area contributed by atoms with Crippen LogP contribution in [0.1, 0.15) is 31.8 Å². The van der Waals surface area contributed by atoms with Gasteiger partial charge in [0.2, 0.25) is 0 Å². The van der Waals surface area contributed by atoms with Crippen LogP contribution in [0.15, 0.2) is 40.7 Å². The quantitative estimate of drug-likeness (QED) is 0.133. The van der Waals surface area contributed by atoms with Crippen molar-refractivity contribution < 1.29 is 9.59 Å². The van der Waals surface area contributed by atoms with Crippen LogP contribution in [0, 0.1) is 0 Å². The molecule has 2 aromatic carbocycles. The van der Waals surface area contributed by atoms with Crippen molar-refractivity contribution in [1.82, 2.24) is 0 Å². The van der Waals surface area contributed by atoms with Gasteiger partial charge in [0, 0.05) is 23.1 Å². The lowest BCUT2D eigenvalue weighted by Gasteiger charge is -2.23. The minimum absolute atomic E-state index is 0. The van der Waals surface area contributed by atoms with Crippen LogP contribution >= 0.6 is 23.7 Å². The van der Waals surface area contributed by atoms with Gasteiger partial charge in [0.15, 0.2) is 17.5 Å². The molecule has 1 aliphatic rings. The maximum absolute atomic E-state index is 13.2. The fraction of sp³-hybridized carbons (Fsp3) is 0.105. The maximum Gasteiger partial charge on any atom is 0.196 e. The number of rotatable bonds is 4. The van der Waals surface area contributed by atoms with Gasteiger partial charge in [-0.3, -0.25) is 14.6 Å². The van der Waals surface area contributed by atoms with Gasteiger partial charge in [0.25, 0.3) is 0 Å². The minimum Gasteiger partial charge on any atom is -0.398 e. The number of hydrogen-bond donors (Lipinski definition) is 4. The van der Waals surface area contributed by atoms with Crippen molar-refractivity contribution in [3.63, 3.8) is 0 Å². The summed E-state index contributed by atoms with van der Waals surface area (Å²) in [5.41, 5.74) is 19.3. The summed E-state index contributed by atoms with van der Waals surface area (Å²) >= 11 is 1.46. The van der Waals surface area contributed by atoms with E-state index in [-0.39, 0.29) is 35.5 Å². The van der Waals surface area contributed by atoms with Crippen LogP contribution in [0.25, 0.3) is 10.1 Å². The van der Waals surface area contributed by atoms with Gasteiger partial charge in [0.1, 0.15) is 0 Å². The second kappa shape index (κ2) is 7.49. The average molecular weight is 416 g/mol. The van der Waals surface area contributed by atoms with Crippen molar-refractivity contribution in [2.75, 3.05) is 24.1 Å². The number of thiophene rings is 1. The number of ketones is 2. The second-order valence-electron chi connectivity index (χ2n) is 6.14. The van der Waals surface area contributed by atoms with Crippen molar-refractivity contribution in [2.45, 2.75) is 0 Å². The van der Waals surface area contributed by atoms with E-state index in [1.807, 2.05) is 11.4 Å². The molecule has 0 amide bonds. The summed E-state index contributed by atoms with van der Waals surface area (Å²) in [7, 11) is 0. The number of anilines is 2. The third kappa shape index (κ3) is 2.96. The molecule has 0 atom stereocenters. The molecule has 0 saturated carbocycles. The Morgan fingerprint density at radius 3 is 2.32 bits per heavy atom. The van der Waals surface area contributed by atoms with Gasteiger partial charge in [-0.1, -0.05) is 24.3 Å². The summed E-state index contributed by atoms with van der Waals surface area (Å²) in [4.78, 5) is 30.3. The van der Waals surface area contributed by atoms with E-state index in [9.17, 15) is 9.59 Å². The summed E-state index contributed by atoms with van der Waals surface area (Å²) in [6.45, 7) is 0.747. The third-order valence-electron chi connectivity index (χ3n) is 4.53. The number of aliphatic imine (C=N–C) groups is 1. The first-order valence-corrected chi connectivity index (χ1v) is 9.19. The summed E-state index contributed by atoms with van der Waals surface area (Å²) in [5.74, 6) is -0.456. The number of halogens is 1. The van der Waals surface area contributed by atoms with Crippen molar-refractivity contribution in [3.05, 3.63) is 58.0 Å². The second-order valence-corrected chi connectivity index (χ2v) is 7.06. The number of nitrogens with one attached hydrogen (secondary N) is 1. The Morgan fingerprint density at radius 2 is 1.68 bits per heavy atom. The number of hydrogen-bond acceptors (Lipinski definition) is 6. The predicted octanol–water partition coefficient (Wildman–Crippen LogP) is 2.37. The minimum atomic E-state index is -0.238. The highest BCUT2D eigenvalue weighted by atomic mass is 35.5. The van der Waals surface area contributed by atoms with E-state index >= 15 is 0 Å². The van der Waals surface area contributed by atoms with Crippen LogP contribution in [0.5, 0.6) is 0 Å². The third-order valence-corrected chi connectivity index (χ3v) is 5.46. The summed E-state index contributed by atoms with van der Waals surface area (Å²) in [6.07, 6.45) is 0. The van der Waals surface area contributed by atoms with Gasteiger partial charge in [-0.15, -0.1) is 23.7 Å². The largest absolute Gasteiger partial charge is 0.398 e. The molecular weight excluding hydrogens is 398 g/mol. The Morgan fingerprint density at radius 1 is 1.04 bits per heavy atom. The standard InChI is InChI=1S/C19H17N5O2S.ClH/c20-14-11-5-8-27-18(11)15(23-6-7-24-19(21)22)13-12(14)16(25)9-3-1-2-4-10(9)17(13)26;/h1-5,8,23H,6-7,20H2,(H4,21,22,24);1H. The molecule has 7 N–H and O–H groups in total. The van der Waals surface area contributed by atoms with E-state index in [4.69, 9.17) is 17.2 Å². The summed E-state index contributed by atoms with van der Waals surface area (Å²) in [6, 6.07) is 8.66. The zero-order chi connectivity index (χ0) is 19.1. The molecule has 0 aliphatic heterocycles. The molecule has 28 heavy (non-hydrogen) atoms. The van der Waals surface area contributed by atoms with Crippen LogP contribution in [-0.4, -0.2) is 30.6 Å². The molecule has 0 spiro atoms. The van der Waals surface area contributed by atoms with Crippen molar-refractivity contribution >= 4 is 62.7 Å². The van der Waals surface area contributed by atoms with E-state index in [0.717, 1.165) is 10.1 Å². The topological polar surface area (TPSA) is 137 Å². The van der Waals surface area contributed by atoms with Gasteiger partial charge in [0.05, 0.1) is 33.7 Å². The molecule has 3 aromatic rings. The number of nitrogens with zero attached hydrogens (tertiary/aromatic N) is 1. The molecule has 0 saturated heterocycles. The molecule has 0 bridgehead atoms. The highest BCUT2D eigenvalue weighted by Crippen LogP contribution is 2.43. The number of benzene rings is 2. The highest BCUT2D eigenvalue weighted by Gasteiger charge is 2.35. The Kier molecular flexibility index (Phi) is 5.26. The first-order chi connectivity index (χ1) is 13.0. The SMILES string of the molecule is Cl.NC(N)=NCCNc1c2c(c(N)c3ccsc13)C(=O)c1ccccc1C2=O. The lowest BCUT2D eigenvalue weighted by Crippen LogP contribution is -2.25. The highest BCUT2D eigenvalue weighted by molar-refractivity contribution is 7.18. The molecule has 1 aliphatic carbocycles. The molecule has 9 heteroatoms.